The van der Waals surface area contributed by atoms with Gasteiger partial charge in [-0.3, -0.25) is 9.59 Å². The summed E-state index contributed by atoms with van der Waals surface area (Å²) in [6.45, 7) is 0. The van der Waals surface area contributed by atoms with E-state index in [0.717, 1.165) is 14.2 Å². The van der Waals surface area contributed by atoms with Gasteiger partial charge < -0.3 is 9.47 Å². The molecule has 2 aliphatic carbocycles. The van der Waals surface area contributed by atoms with Crippen LogP contribution in [0, 0.1) is 11.2 Å². The number of Topliss-reactive ketones (excluding diaryl/α,β-unsaturated/α-hetero) is 2. The maximum absolute atomic E-state index is 13.9. The molecule has 2 aromatic carbocycles. The Morgan fingerprint density at radius 3 is 2.07 bits per heavy atom. The first-order valence-corrected chi connectivity index (χ1v) is 9.22. The monoisotopic (exact) mass is 408 g/mol. The molecule has 6 nitrogen and oxygen atoms in total. The Hall–Kier alpha value is -3.61. The van der Waals surface area contributed by atoms with Crippen molar-refractivity contribution in [3.8, 4) is 0 Å². The number of benzene rings is 2. The van der Waals surface area contributed by atoms with E-state index in [0.29, 0.717) is 5.56 Å². The predicted molar refractivity (Wildman–Crippen MR) is 102 cm³/mol. The Morgan fingerprint density at radius 1 is 0.933 bits per heavy atom. The SMILES string of the molecule is COC(=O)C1=C(C(=O)OC)C2(CC1c1cccc(F)c1)C(=O)c1ccccc1C2=O. The van der Waals surface area contributed by atoms with Crippen molar-refractivity contribution in [1.82, 2.24) is 0 Å². The van der Waals surface area contributed by atoms with E-state index in [4.69, 9.17) is 9.47 Å². The minimum absolute atomic E-state index is 0.163. The smallest absolute Gasteiger partial charge is 0.335 e. The largest absolute Gasteiger partial charge is 0.466 e. The molecule has 152 valence electrons. The Balaban J connectivity index is 2.02. The van der Waals surface area contributed by atoms with Crippen molar-refractivity contribution in [1.29, 1.82) is 0 Å². The zero-order valence-corrected chi connectivity index (χ0v) is 16.2. The van der Waals surface area contributed by atoms with Gasteiger partial charge in [-0.05, 0) is 24.1 Å². The molecular weight excluding hydrogens is 391 g/mol. The van der Waals surface area contributed by atoms with Crippen LogP contribution in [-0.4, -0.2) is 37.7 Å². The van der Waals surface area contributed by atoms with Gasteiger partial charge in [-0.15, -0.1) is 0 Å². The second-order valence-corrected chi connectivity index (χ2v) is 7.19. The zero-order chi connectivity index (χ0) is 21.6. The number of esters is 2. The number of methoxy groups -OCH3 is 2. The van der Waals surface area contributed by atoms with Crippen molar-refractivity contribution in [3.63, 3.8) is 0 Å². The van der Waals surface area contributed by atoms with Gasteiger partial charge >= 0.3 is 11.9 Å². The van der Waals surface area contributed by atoms with E-state index in [1.165, 1.54) is 30.3 Å². The van der Waals surface area contributed by atoms with E-state index in [2.05, 4.69) is 0 Å². The van der Waals surface area contributed by atoms with Crippen LogP contribution in [0.15, 0.2) is 59.7 Å². The van der Waals surface area contributed by atoms with E-state index in [9.17, 15) is 23.6 Å². The molecule has 0 saturated carbocycles. The summed E-state index contributed by atoms with van der Waals surface area (Å²) in [6, 6.07) is 11.7. The summed E-state index contributed by atoms with van der Waals surface area (Å²) in [5, 5.41) is 0. The number of ketones is 2. The highest BCUT2D eigenvalue weighted by atomic mass is 19.1. The molecule has 0 aliphatic heterocycles. The second kappa shape index (κ2) is 7.02. The molecule has 30 heavy (non-hydrogen) atoms. The van der Waals surface area contributed by atoms with Crippen LogP contribution in [0.25, 0.3) is 0 Å². The molecule has 0 bridgehead atoms. The lowest BCUT2D eigenvalue weighted by atomic mass is 9.75. The summed E-state index contributed by atoms with van der Waals surface area (Å²) < 4.78 is 23.7. The number of fused-ring (bicyclic) bond motifs is 1. The molecule has 7 heteroatoms. The average Bonchev–Trinajstić information content (AvgIpc) is 3.23. The number of ether oxygens (including phenoxy) is 2. The van der Waals surface area contributed by atoms with Crippen LogP contribution in [0.2, 0.25) is 0 Å². The summed E-state index contributed by atoms with van der Waals surface area (Å²) in [7, 11) is 2.23. The van der Waals surface area contributed by atoms with Gasteiger partial charge in [-0.2, -0.15) is 0 Å². The third kappa shape index (κ3) is 2.55. The lowest BCUT2D eigenvalue weighted by molar-refractivity contribution is -0.139. The lowest BCUT2D eigenvalue weighted by Gasteiger charge is -2.23. The highest BCUT2D eigenvalue weighted by Crippen LogP contribution is 2.57. The van der Waals surface area contributed by atoms with Gasteiger partial charge in [-0.25, -0.2) is 14.0 Å². The average molecular weight is 408 g/mol. The molecule has 0 amide bonds. The highest BCUT2D eigenvalue weighted by molar-refractivity contribution is 6.35. The van der Waals surface area contributed by atoms with Gasteiger partial charge in [0.25, 0.3) is 0 Å². The van der Waals surface area contributed by atoms with Crippen molar-refractivity contribution in [2.45, 2.75) is 12.3 Å². The zero-order valence-electron chi connectivity index (χ0n) is 16.2. The molecule has 1 atom stereocenters. The van der Waals surface area contributed by atoms with Gasteiger partial charge in [-0.1, -0.05) is 36.4 Å². The minimum atomic E-state index is -1.92. The predicted octanol–water partition coefficient (Wildman–Crippen LogP) is 3.02. The maximum atomic E-state index is 13.9. The molecule has 4 rings (SSSR count). The summed E-state index contributed by atoms with van der Waals surface area (Å²) >= 11 is 0. The fourth-order valence-electron chi connectivity index (χ4n) is 4.52. The van der Waals surface area contributed by atoms with E-state index >= 15 is 0 Å². The molecule has 0 saturated heterocycles. The first-order chi connectivity index (χ1) is 14.4. The molecule has 2 aromatic rings. The van der Waals surface area contributed by atoms with Crippen molar-refractivity contribution >= 4 is 23.5 Å². The van der Waals surface area contributed by atoms with Crippen LogP contribution in [0.4, 0.5) is 4.39 Å². The normalized spacial score (nSPS) is 19.2. The maximum Gasteiger partial charge on any atom is 0.335 e. The number of carbonyl (C=O) groups excluding carboxylic acids is 4. The van der Waals surface area contributed by atoms with Crippen LogP contribution < -0.4 is 0 Å². The third-order valence-electron chi connectivity index (χ3n) is 5.79. The fourth-order valence-corrected chi connectivity index (χ4v) is 4.52. The van der Waals surface area contributed by atoms with Gasteiger partial charge in [0.15, 0.2) is 11.6 Å². The van der Waals surface area contributed by atoms with Crippen LogP contribution >= 0.6 is 0 Å². The third-order valence-corrected chi connectivity index (χ3v) is 5.79. The molecule has 1 spiro atoms. The lowest BCUT2D eigenvalue weighted by Crippen LogP contribution is -2.37. The molecule has 0 N–H and O–H groups in total. The highest BCUT2D eigenvalue weighted by Gasteiger charge is 2.64. The first-order valence-electron chi connectivity index (χ1n) is 9.22. The van der Waals surface area contributed by atoms with E-state index in [1.807, 2.05) is 0 Å². The first kappa shape index (κ1) is 19.7. The number of rotatable bonds is 3. The number of halogens is 1. The van der Waals surface area contributed by atoms with Crippen molar-refractivity contribution in [2.24, 2.45) is 5.41 Å². The molecule has 0 heterocycles. The fraction of sp³-hybridized carbons (Fsp3) is 0.217. The van der Waals surface area contributed by atoms with Gasteiger partial charge in [0.1, 0.15) is 11.2 Å². The van der Waals surface area contributed by atoms with Crippen molar-refractivity contribution in [3.05, 3.63) is 82.2 Å². The van der Waals surface area contributed by atoms with Crippen molar-refractivity contribution < 1.29 is 33.0 Å². The number of hydrogen-bond donors (Lipinski definition) is 0. The Bertz CT molecular complexity index is 1110. The molecular formula is C23H17FO6. The van der Waals surface area contributed by atoms with Crippen LogP contribution in [-0.2, 0) is 19.1 Å². The summed E-state index contributed by atoms with van der Waals surface area (Å²) in [6.07, 6.45) is -0.197. The standard InChI is InChI=1S/C23H17FO6/c1-29-21(27)17-16(12-6-5-7-13(24)10-12)11-23(18(17)22(28)30-2)19(25)14-8-3-4-9-15(14)20(23)26/h3-10,16H,11H2,1-2H3. The van der Waals surface area contributed by atoms with E-state index in [1.54, 1.807) is 18.2 Å². The van der Waals surface area contributed by atoms with Gasteiger partial charge in [0.05, 0.1) is 25.4 Å². The molecule has 1 unspecified atom stereocenters. The number of hydrogen-bond acceptors (Lipinski definition) is 6. The van der Waals surface area contributed by atoms with Crippen LogP contribution in [0.1, 0.15) is 38.6 Å². The van der Waals surface area contributed by atoms with Gasteiger partial charge in [0.2, 0.25) is 0 Å². The summed E-state index contributed by atoms with van der Waals surface area (Å²) in [4.78, 5) is 52.5. The Labute approximate surface area is 171 Å². The van der Waals surface area contributed by atoms with E-state index in [-0.39, 0.29) is 28.7 Å². The second-order valence-electron chi connectivity index (χ2n) is 7.19. The molecule has 0 aromatic heterocycles. The van der Waals surface area contributed by atoms with Crippen LogP contribution in [0.5, 0.6) is 0 Å². The number of carbonyl (C=O) groups is 4. The topological polar surface area (TPSA) is 86.7 Å². The quantitative estimate of drug-likeness (QED) is 0.573. The minimum Gasteiger partial charge on any atom is -0.466 e. The Kier molecular flexibility index (Phi) is 4.61. The molecule has 2 aliphatic rings. The summed E-state index contributed by atoms with van der Waals surface area (Å²) in [5.74, 6) is -4.45. The van der Waals surface area contributed by atoms with E-state index < -0.39 is 40.7 Å². The van der Waals surface area contributed by atoms with Crippen LogP contribution in [0.3, 0.4) is 0 Å². The Morgan fingerprint density at radius 2 is 1.53 bits per heavy atom. The summed E-state index contributed by atoms with van der Waals surface area (Å²) in [5.41, 5.74) is -1.72. The molecule has 0 fully saturated rings. The van der Waals surface area contributed by atoms with Gasteiger partial charge in [0, 0.05) is 17.0 Å². The van der Waals surface area contributed by atoms with Crippen molar-refractivity contribution in [2.75, 3.05) is 14.2 Å². The molecule has 0 radical (unpaired) electrons.